The summed E-state index contributed by atoms with van der Waals surface area (Å²) in [5.74, 6) is 6.05. The van der Waals surface area contributed by atoms with Crippen molar-refractivity contribution in [1.29, 1.82) is 0 Å². The largest absolute Gasteiger partial charge is 0.469 e. The lowest BCUT2D eigenvalue weighted by atomic mass is 9.53. The Labute approximate surface area is 256 Å². The van der Waals surface area contributed by atoms with Gasteiger partial charge in [0.05, 0.1) is 23.2 Å². The van der Waals surface area contributed by atoms with Crippen LogP contribution in [-0.4, -0.2) is 25.5 Å². The van der Waals surface area contributed by atoms with Crippen LogP contribution in [0.15, 0.2) is 30.3 Å². The van der Waals surface area contributed by atoms with Crippen molar-refractivity contribution in [3.8, 4) is 11.8 Å². The summed E-state index contributed by atoms with van der Waals surface area (Å²) in [6.45, 7) is 8.73. The van der Waals surface area contributed by atoms with Gasteiger partial charge in [0.1, 0.15) is 0 Å². The van der Waals surface area contributed by atoms with E-state index in [1.54, 1.807) is 0 Å². The lowest BCUT2D eigenvalue weighted by Crippen LogP contribution is -2.51. The van der Waals surface area contributed by atoms with Crippen LogP contribution in [0.25, 0.3) is 0 Å². The summed E-state index contributed by atoms with van der Waals surface area (Å²) in [4.78, 5) is 29.0. The smallest absolute Gasteiger partial charge is 0.311 e. The number of nitrogens with zero attached hydrogens (tertiary/aromatic N) is 1. The van der Waals surface area contributed by atoms with Crippen LogP contribution in [0, 0.1) is 26.7 Å². The van der Waals surface area contributed by atoms with E-state index in [1.807, 2.05) is 42.2 Å². The fourth-order valence-corrected chi connectivity index (χ4v) is 8.00. The van der Waals surface area contributed by atoms with Crippen molar-refractivity contribution < 1.29 is 14.3 Å². The van der Waals surface area contributed by atoms with Gasteiger partial charge in [-0.15, -0.1) is 0 Å². The number of rotatable bonds is 5. The molecule has 0 saturated heterocycles. The number of anilines is 1. The van der Waals surface area contributed by atoms with E-state index >= 15 is 0 Å². The summed E-state index contributed by atoms with van der Waals surface area (Å²) >= 11 is 16.3. The molecule has 0 N–H and O–H groups in total. The highest BCUT2D eigenvalue weighted by atomic mass is 127. The van der Waals surface area contributed by atoms with Crippen LogP contribution in [0.1, 0.15) is 88.8 Å². The number of unbranched alkanes of at least 4 members (excludes halogenated alkanes) is 1. The molecule has 1 amide bonds. The molecule has 0 bridgehead atoms. The molecule has 1 aliphatic heterocycles. The third-order valence-corrected chi connectivity index (χ3v) is 10.1. The molecule has 4 rings (SSSR count). The Hall–Kier alpha value is -1.75. The molecule has 39 heavy (non-hydrogen) atoms. The summed E-state index contributed by atoms with van der Waals surface area (Å²) < 4.78 is 6.45. The predicted octanol–water partition coefficient (Wildman–Crippen LogP) is 8.53. The zero-order valence-corrected chi connectivity index (χ0v) is 27.0. The Morgan fingerprint density at radius 3 is 2.54 bits per heavy atom. The van der Waals surface area contributed by atoms with E-state index in [0.717, 1.165) is 35.2 Å². The van der Waals surface area contributed by atoms with Gasteiger partial charge >= 0.3 is 5.97 Å². The van der Waals surface area contributed by atoms with E-state index in [2.05, 4.69) is 55.2 Å². The molecule has 4 nitrogen and oxygen atoms in total. The summed E-state index contributed by atoms with van der Waals surface area (Å²) in [5, 5.41) is 1.15. The third kappa shape index (κ3) is 5.72. The highest BCUT2D eigenvalue weighted by molar-refractivity contribution is 14.1. The van der Waals surface area contributed by atoms with Gasteiger partial charge in [0.15, 0.2) is 0 Å². The monoisotopic (exact) mass is 679 g/mol. The van der Waals surface area contributed by atoms with Gasteiger partial charge in [0, 0.05) is 33.5 Å². The number of hydrogen-bond acceptors (Lipinski definition) is 3. The van der Waals surface area contributed by atoms with Gasteiger partial charge in [-0.2, -0.15) is 0 Å². The number of methoxy groups -OCH3 is 1. The highest BCUT2D eigenvalue weighted by Gasteiger charge is 2.57. The maximum absolute atomic E-state index is 14.1. The Bertz CT molecular complexity index is 1330. The highest BCUT2D eigenvalue weighted by Crippen LogP contribution is 2.59. The van der Waals surface area contributed by atoms with Crippen LogP contribution in [-0.2, 0) is 19.7 Å². The zero-order chi connectivity index (χ0) is 28.5. The molecule has 1 saturated carbocycles. The van der Waals surface area contributed by atoms with E-state index in [9.17, 15) is 9.59 Å². The van der Waals surface area contributed by atoms with Crippen LogP contribution in [0.5, 0.6) is 0 Å². The van der Waals surface area contributed by atoms with Crippen molar-refractivity contribution in [2.45, 2.75) is 77.6 Å². The molecule has 2 aliphatic rings. The van der Waals surface area contributed by atoms with E-state index < -0.39 is 10.8 Å². The molecule has 3 atom stereocenters. The number of amides is 1. The molecule has 0 aromatic heterocycles. The van der Waals surface area contributed by atoms with Crippen molar-refractivity contribution in [2.24, 2.45) is 11.3 Å². The first-order chi connectivity index (χ1) is 18.4. The van der Waals surface area contributed by atoms with Gasteiger partial charge in [-0.25, -0.2) is 0 Å². The van der Waals surface area contributed by atoms with Crippen molar-refractivity contribution in [1.82, 2.24) is 0 Å². The van der Waals surface area contributed by atoms with Gasteiger partial charge in [0.2, 0.25) is 5.91 Å². The van der Waals surface area contributed by atoms with Gasteiger partial charge in [-0.1, -0.05) is 62.2 Å². The first-order valence-corrected chi connectivity index (χ1v) is 15.4. The minimum Gasteiger partial charge on any atom is -0.469 e. The second kappa shape index (κ2) is 12.0. The molecule has 1 heterocycles. The predicted molar refractivity (Wildman–Crippen MR) is 168 cm³/mol. The fourth-order valence-electron chi connectivity index (χ4n) is 6.65. The Balaban J connectivity index is 1.75. The standard InChI is InChI=1S/C32H36Cl2INO3/c1-20(2)27-24(33)18-23-29(28(27)34)36(17-8-6-7-10-21-11-13-22(35)14-12-21)26(37)19-25-31(23,3)15-9-16-32(25,4)30(38)39-5/h11-14,18,20,25H,6,8-9,15-17,19H2,1-5H3/t25-,31-,32-/m1/s1. The number of halogens is 3. The van der Waals surface area contributed by atoms with Gasteiger partial charge < -0.3 is 9.64 Å². The van der Waals surface area contributed by atoms with Crippen LogP contribution in [0.4, 0.5) is 5.69 Å². The summed E-state index contributed by atoms with van der Waals surface area (Å²) in [7, 11) is 1.43. The second-order valence-corrected chi connectivity index (χ2v) is 13.6. The number of hydrogen-bond donors (Lipinski definition) is 0. The van der Waals surface area contributed by atoms with Crippen molar-refractivity contribution in [3.63, 3.8) is 0 Å². The zero-order valence-electron chi connectivity index (χ0n) is 23.3. The summed E-state index contributed by atoms with van der Waals surface area (Å²) in [5.41, 5.74) is 2.29. The molecule has 7 heteroatoms. The quantitative estimate of drug-likeness (QED) is 0.138. The number of carbonyl (C=O) groups is 2. The van der Waals surface area contributed by atoms with E-state index in [-0.39, 0.29) is 30.1 Å². The molecule has 1 fully saturated rings. The SMILES string of the molecule is COC(=O)[C@]1(C)CCC[C@]2(C)c3cc(Cl)c(C(C)C)c(Cl)c3N(CCCC#Cc3ccc(I)cc3)C(=O)C[C@@H]12. The lowest BCUT2D eigenvalue weighted by molar-refractivity contribution is -0.161. The Kier molecular flexibility index (Phi) is 9.30. The average Bonchev–Trinajstić information content (AvgIpc) is 2.98. The molecule has 0 spiro atoms. The summed E-state index contributed by atoms with van der Waals surface area (Å²) in [6.07, 6.45) is 3.97. The molecular weight excluding hydrogens is 644 g/mol. The van der Waals surface area contributed by atoms with Crippen LogP contribution >= 0.6 is 45.8 Å². The average molecular weight is 680 g/mol. The van der Waals surface area contributed by atoms with Crippen molar-refractivity contribution >= 4 is 63.4 Å². The number of esters is 1. The maximum Gasteiger partial charge on any atom is 0.311 e. The minimum absolute atomic E-state index is 0.0217. The van der Waals surface area contributed by atoms with Crippen molar-refractivity contribution in [2.75, 3.05) is 18.6 Å². The first kappa shape index (κ1) is 30.2. The minimum atomic E-state index is -0.778. The second-order valence-electron chi connectivity index (χ2n) is 11.5. The van der Waals surface area contributed by atoms with Crippen LogP contribution in [0.2, 0.25) is 10.0 Å². The molecule has 1 aliphatic carbocycles. The van der Waals surface area contributed by atoms with Gasteiger partial charge in [0.25, 0.3) is 0 Å². The van der Waals surface area contributed by atoms with E-state index in [1.165, 1.54) is 10.7 Å². The number of ether oxygens (including phenoxy) is 1. The molecular formula is C32H36Cl2INO3. The number of benzene rings is 2. The lowest BCUT2D eigenvalue weighted by Gasteiger charge is -2.50. The Morgan fingerprint density at radius 1 is 1.21 bits per heavy atom. The van der Waals surface area contributed by atoms with Crippen LogP contribution in [0.3, 0.4) is 0 Å². The van der Waals surface area contributed by atoms with Gasteiger partial charge in [-0.3, -0.25) is 9.59 Å². The Morgan fingerprint density at radius 2 is 1.90 bits per heavy atom. The topological polar surface area (TPSA) is 46.6 Å². The van der Waals surface area contributed by atoms with E-state index in [0.29, 0.717) is 35.9 Å². The maximum atomic E-state index is 14.1. The fraction of sp³-hybridized carbons (Fsp3) is 0.500. The molecule has 208 valence electrons. The normalized spacial score (nSPS) is 24.4. The first-order valence-electron chi connectivity index (χ1n) is 13.6. The van der Waals surface area contributed by atoms with Gasteiger partial charge in [-0.05, 0) is 107 Å². The van der Waals surface area contributed by atoms with Crippen LogP contribution < -0.4 is 4.90 Å². The molecule has 2 aromatic carbocycles. The third-order valence-electron chi connectivity index (χ3n) is 8.71. The molecule has 2 aromatic rings. The summed E-state index contributed by atoms with van der Waals surface area (Å²) in [6, 6.07) is 10.1. The number of fused-ring (bicyclic) bond motifs is 3. The molecule has 0 radical (unpaired) electrons. The number of carbonyl (C=O) groups excluding carboxylic acids is 2. The van der Waals surface area contributed by atoms with E-state index in [4.69, 9.17) is 27.9 Å². The van der Waals surface area contributed by atoms with Crippen molar-refractivity contribution in [3.05, 3.63) is 60.6 Å². The molecule has 0 unspecified atom stereocenters.